The quantitative estimate of drug-likeness (QED) is 0.773. The number of aromatic nitrogens is 1. The molecule has 1 aliphatic rings. The van der Waals surface area contributed by atoms with Gasteiger partial charge in [0.25, 0.3) is 0 Å². The molecule has 0 bridgehead atoms. The van der Waals surface area contributed by atoms with Crippen LogP contribution in [-0.2, 0) is 15.9 Å². The average molecular weight is 338 g/mol. The molecule has 124 valence electrons. The number of ether oxygens (including phenoxy) is 2. The summed E-state index contributed by atoms with van der Waals surface area (Å²) in [4.78, 5) is 17.5. The van der Waals surface area contributed by atoms with Crippen LogP contribution in [0.3, 0.4) is 0 Å². The molecule has 0 atom stereocenters. The number of hydrogen-bond donors (Lipinski definition) is 0. The minimum Gasteiger partial charge on any atom is -0.461 e. The van der Waals surface area contributed by atoms with Gasteiger partial charge in [-0.25, -0.2) is 9.78 Å². The highest BCUT2D eigenvalue weighted by Gasteiger charge is 2.41. The van der Waals surface area contributed by atoms with Gasteiger partial charge in [0.2, 0.25) is 0 Å². The first-order chi connectivity index (χ1) is 10.2. The summed E-state index contributed by atoms with van der Waals surface area (Å²) in [5.41, 5.74) is -0.579. The van der Waals surface area contributed by atoms with Gasteiger partial charge in [0, 0.05) is 7.11 Å². The van der Waals surface area contributed by atoms with Gasteiger partial charge in [0.05, 0.1) is 36.6 Å². The molecule has 22 heavy (non-hydrogen) atoms. The molecule has 9 heteroatoms. The second kappa shape index (κ2) is 6.04. The summed E-state index contributed by atoms with van der Waals surface area (Å²) >= 11 is 0.874. The highest BCUT2D eigenvalue weighted by atomic mass is 32.1. The first-order valence-electron chi connectivity index (χ1n) is 6.71. The smallest absolute Gasteiger partial charge is 0.393 e. The van der Waals surface area contributed by atoms with Crippen molar-refractivity contribution in [1.82, 2.24) is 4.98 Å². The molecule has 5 nitrogen and oxygen atoms in total. The second-order valence-corrected chi connectivity index (χ2v) is 6.35. The molecule has 2 heterocycles. The molecule has 0 saturated carbocycles. The Balaban J connectivity index is 2.22. The van der Waals surface area contributed by atoms with Gasteiger partial charge in [-0.2, -0.15) is 13.2 Å². The van der Waals surface area contributed by atoms with Crippen LogP contribution in [0.5, 0.6) is 0 Å². The van der Waals surface area contributed by atoms with Crippen LogP contribution in [0.2, 0.25) is 0 Å². The van der Waals surface area contributed by atoms with Crippen LogP contribution in [0, 0.1) is 0 Å². The summed E-state index contributed by atoms with van der Waals surface area (Å²) in [5.74, 6) is -0.820. The lowest BCUT2D eigenvalue weighted by atomic mass is 9.97. The highest BCUT2D eigenvalue weighted by molar-refractivity contribution is 7.16. The van der Waals surface area contributed by atoms with Crippen LogP contribution in [0.25, 0.3) is 0 Å². The number of halogens is 3. The summed E-state index contributed by atoms with van der Waals surface area (Å²) in [6.07, 6.45) is -5.59. The van der Waals surface area contributed by atoms with Crippen LogP contribution in [-0.4, -0.2) is 49.5 Å². The Bertz CT molecular complexity index is 553. The van der Waals surface area contributed by atoms with Gasteiger partial charge in [0.15, 0.2) is 10.8 Å². The topological polar surface area (TPSA) is 51.7 Å². The third-order valence-electron chi connectivity index (χ3n) is 3.33. The van der Waals surface area contributed by atoms with Crippen LogP contribution >= 0.6 is 11.3 Å². The normalized spacial score (nSPS) is 17.3. The molecule has 0 aromatic carbocycles. The van der Waals surface area contributed by atoms with E-state index in [-0.39, 0.29) is 22.8 Å². The number of esters is 1. The lowest BCUT2D eigenvalue weighted by Crippen LogP contribution is -2.61. The summed E-state index contributed by atoms with van der Waals surface area (Å²) < 4.78 is 48.0. The van der Waals surface area contributed by atoms with Crippen molar-refractivity contribution >= 4 is 22.4 Å². The summed E-state index contributed by atoms with van der Waals surface area (Å²) in [6, 6.07) is 0. The maximum Gasteiger partial charge on any atom is 0.393 e. The molecule has 0 spiro atoms. The molecule has 1 aromatic heterocycles. The van der Waals surface area contributed by atoms with Crippen LogP contribution in [0.1, 0.15) is 29.2 Å². The van der Waals surface area contributed by atoms with Crippen LogP contribution in [0.15, 0.2) is 0 Å². The van der Waals surface area contributed by atoms with Crippen molar-refractivity contribution in [1.29, 1.82) is 0 Å². The van der Waals surface area contributed by atoms with E-state index >= 15 is 0 Å². The van der Waals surface area contributed by atoms with Gasteiger partial charge in [-0.3, -0.25) is 0 Å². The first kappa shape index (κ1) is 17.0. The Morgan fingerprint density at radius 3 is 2.59 bits per heavy atom. The number of anilines is 1. The maximum absolute atomic E-state index is 12.6. The van der Waals surface area contributed by atoms with E-state index in [0.717, 1.165) is 11.3 Å². The van der Waals surface area contributed by atoms with Crippen molar-refractivity contribution in [3.8, 4) is 0 Å². The third-order valence-corrected chi connectivity index (χ3v) is 4.45. The zero-order chi connectivity index (χ0) is 16.5. The van der Waals surface area contributed by atoms with E-state index in [9.17, 15) is 18.0 Å². The largest absolute Gasteiger partial charge is 0.461 e. The van der Waals surface area contributed by atoms with Crippen molar-refractivity contribution in [3.05, 3.63) is 10.6 Å². The van der Waals surface area contributed by atoms with Crippen molar-refractivity contribution in [2.45, 2.75) is 32.0 Å². The zero-order valence-corrected chi connectivity index (χ0v) is 13.3. The Hall–Kier alpha value is -1.35. The van der Waals surface area contributed by atoms with Gasteiger partial charge in [0.1, 0.15) is 0 Å². The van der Waals surface area contributed by atoms with Crippen LogP contribution in [0.4, 0.5) is 18.3 Å². The van der Waals surface area contributed by atoms with Gasteiger partial charge < -0.3 is 14.4 Å². The average Bonchev–Trinajstić information content (AvgIpc) is 2.76. The second-order valence-electron chi connectivity index (χ2n) is 5.29. The predicted octanol–water partition coefficient (Wildman–Crippen LogP) is 2.65. The fourth-order valence-electron chi connectivity index (χ4n) is 2.16. The fourth-order valence-corrected chi connectivity index (χ4v) is 3.24. The molecule has 2 rings (SSSR count). The van der Waals surface area contributed by atoms with Crippen molar-refractivity contribution in [2.75, 3.05) is 31.7 Å². The molecular formula is C13H17F3N2O3S. The molecular weight excluding hydrogens is 321 g/mol. The number of carbonyl (C=O) groups is 1. The fraction of sp³-hybridized carbons (Fsp3) is 0.692. The Kier molecular flexibility index (Phi) is 4.67. The van der Waals surface area contributed by atoms with Crippen LogP contribution < -0.4 is 4.90 Å². The molecule has 0 amide bonds. The Morgan fingerprint density at radius 2 is 2.09 bits per heavy atom. The van der Waals surface area contributed by atoms with E-state index in [2.05, 4.69) is 4.98 Å². The molecule has 0 radical (unpaired) electrons. The Labute approximate surface area is 130 Å². The van der Waals surface area contributed by atoms with E-state index < -0.39 is 18.6 Å². The minimum absolute atomic E-state index is 0.0859. The number of methoxy groups -OCH3 is 1. The Morgan fingerprint density at radius 1 is 1.45 bits per heavy atom. The number of alkyl halides is 3. The molecule has 0 N–H and O–H groups in total. The lowest BCUT2D eigenvalue weighted by molar-refractivity contribution is -0.126. The van der Waals surface area contributed by atoms with E-state index in [1.807, 2.05) is 6.92 Å². The number of thiazole rings is 1. The number of nitrogens with zero attached hydrogens (tertiary/aromatic N) is 2. The number of hydrogen-bond acceptors (Lipinski definition) is 6. The molecule has 1 aliphatic heterocycles. The zero-order valence-electron chi connectivity index (χ0n) is 12.5. The van der Waals surface area contributed by atoms with E-state index in [4.69, 9.17) is 9.47 Å². The molecule has 1 saturated heterocycles. The van der Waals surface area contributed by atoms with Crippen molar-refractivity contribution < 1.29 is 27.4 Å². The van der Waals surface area contributed by atoms with Crippen molar-refractivity contribution in [3.63, 3.8) is 0 Å². The summed E-state index contributed by atoms with van der Waals surface area (Å²) in [7, 11) is 1.58. The van der Waals surface area contributed by atoms with E-state index in [1.54, 1.807) is 18.9 Å². The third kappa shape index (κ3) is 3.70. The number of rotatable bonds is 5. The molecule has 0 unspecified atom stereocenters. The van der Waals surface area contributed by atoms with Gasteiger partial charge >= 0.3 is 12.1 Å². The number of carbonyl (C=O) groups excluding carboxylic acids is 1. The predicted molar refractivity (Wildman–Crippen MR) is 75.5 cm³/mol. The van der Waals surface area contributed by atoms with Gasteiger partial charge in [-0.15, -0.1) is 11.3 Å². The molecule has 1 fully saturated rings. The summed E-state index contributed by atoms with van der Waals surface area (Å²) in [6.45, 7) is 4.62. The van der Waals surface area contributed by atoms with Gasteiger partial charge in [-0.05, 0) is 13.8 Å². The monoisotopic (exact) mass is 338 g/mol. The van der Waals surface area contributed by atoms with Crippen molar-refractivity contribution in [2.24, 2.45) is 0 Å². The molecule has 1 aromatic rings. The SMILES string of the molecule is CCOC(=O)c1nc(N2CC(C)(OC)C2)sc1CC(F)(F)F. The summed E-state index contributed by atoms with van der Waals surface area (Å²) in [5, 5.41) is 0.386. The highest BCUT2D eigenvalue weighted by Crippen LogP contribution is 2.36. The maximum atomic E-state index is 12.6. The lowest BCUT2D eigenvalue weighted by Gasteiger charge is -2.46. The van der Waals surface area contributed by atoms with Gasteiger partial charge in [-0.1, -0.05) is 0 Å². The molecule has 0 aliphatic carbocycles. The first-order valence-corrected chi connectivity index (χ1v) is 7.53. The minimum atomic E-state index is -4.40. The standard InChI is InChI=1S/C13H17F3N2O3S/c1-4-21-10(19)9-8(5-13(14,15)16)22-11(17-9)18-6-12(2,7-18)20-3/h4-7H2,1-3H3. The van der Waals surface area contributed by atoms with E-state index in [0.29, 0.717) is 18.2 Å². The van der Waals surface area contributed by atoms with E-state index in [1.165, 1.54) is 0 Å².